The number of amides is 3. The Labute approximate surface area is 182 Å². The second-order valence-electron chi connectivity index (χ2n) is 6.78. The summed E-state index contributed by atoms with van der Waals surface area (Å²) >= 11 is 0. The van der Waals surface area contributed by atoms with Gasteiger partial charge < -0.3 is 20.7 Å². The first-order valence-corrected chi connectivity index (χ1v) is 9.56. The lowest BCUT2D eigenvalue weighted by Gasteiger charge is -2.10. The van der Waals surface area contributed by atoms with Crippen molar-refractivity contribution in [2.45, 2.75) is 12.8 Å². The molecular formula is C23H20F3N3O3. The highest BCUT2D eigenvalue weighted by molar-refractivity contribution is 6.04. The molecule has 0 aliphatic carbocycles. The Kier molecular flexibility index (Phi) is 7.45. The molecule has 3 aromatic rings. The fourth-order valence-corrected chi connectivity index (χ4v) is 2.69. The van der Waals surface area contributed by atoms with E-state index in [1.807, 2.05) is 18.2 Å². The highest BCUT2D eigenvalue weighted by Crippen LogP contribution is 2.17. The van der Waals surface area contributed by atoms with Gasteiger partial charge in [-0.15, -0.1) is 0 Å². The molecule has 0 bridgehead atoms. The molecule has 0 unspecified atom stereocenters. The zero-order valence-corrected chi connectivity index (χ0v) is 16.8. The van der Waals surface area contributed by atoms with Crippen molar-refractivity contribution >= 4 is 29.0 Å². The van der Waals surface area contributed by atoms with E-state index in [1.165, 1.54) is 24.3 Å². The number of para-hydroxylation sites is 1. The lowest BCUT2D eigenvalue weighted by molar-refractivity contribution is -0.176. The van der Waals surface area contributed by atoms with Gasteiger partial charge in [0.2, 0.25) is 0 Å². The number of nitrogens with one attached hydrogen (secondary N) is 3. The summed E-state index contributed by atoms with van der Waals surface area (Å²) in [6, 6.07) is 21.2. The number of urea groups is 1. The molecule has 0 heterocycles. The van der Waals surface area contributed by atoms with Crippen molar-refractivity contribution in [2.24, 2.45) is 0 Å². The Hall–Kier alpha value is -3.85. The first-order valence-electron chi connectivity index (χ1n) is 9.56. The van der Waals surface area contributed by atoms with Crippen molar-refractivity contribution in [1.82, 2.24) is 0 Å². The predicted molar refractivity (Wildman–Crippen MR) is 116 cm³/mol. The van der Waals surface area contributed by atoms with Gasteiger partial charge in [-0.2, -0.15) is 13.2 Å². The highest BCUT2D eigenvalue weighted by Gasteiger charge is 2.27. The monoisotopic (exact) mass is 443 g/mol. The van der Waals surface area contributed by atoms with Crippen LogP contribution in [0.4, 0.5) is 35.0 Å². The van der Waals surface area contributed by atoms with Crippen LogP contribution < -0.4 is 16.0 Å². The fraction of sp³-hybridized carbons (Fsp3) is 0.130. The number of rotatable bonds is 7. The first kappa shape index (κ1) is 22.8. The molecule has 0 aromatic heterocycles. The summed E-state index contributed by atoms with van der Waals surface area (Å²) in [4.78, 5) is 24.4. The molecule has 166 valence electrons. The lowest BCUT2D eigenvalue weighted by Crippen LogP contribution is -2.19. The van der Waals surface area contributed by atoms with Crippen LogP contribution >= 0.6 is 0 Å². The van der Waals surface area contributed by atoms with Gasteiger partial charge in [-0.3, -0.25) is 4.79 Å². The van der Waals surface area contributed by atoms with Crippen molar-refractivity contribution in [1.29, 1.82) is 0 Å². The predicted octanol–water partition coefficient (Wildman–Crippen LogP) is 5.66. The van der Waals surface area contributed by atoms with Crippen LogP contribution in [0.15, 0.2) is 78.9 Å². The van der Waals surface area contributed by atoms with E-state index in [1.54, 1.807) is 36.4 Å². The van der Waals surface area contributed by atoms with E-state index in [0.717, 1.165) is 0 Å². The summed E-state index contributed by atoms with van der Waals surface area (Å²) in [5.41, 5.74) is 2.58. The number of hydrogen-bond donors (Lipinski definition) is 3. The zero-order valence-electron chi connectivity index (χ0n) is 16.8. The van der Waals surface area contributed by atoms with Gasteiger partial charge in [0.15, 0.2) is 0 Å². The summed E-state index contributed by atoms with van der Waals surface area (Å²) < 4.78 is 40.9. The molecule has 6 nitrogen and oxygen atoms in total. The van der Waals surface area contributed by atoms with Crippen molar-refractivity contribution in [2.75, 3.05) is 22.6 Å². The summed E-state index contributed by atoms with van der Waals surface area (Å²) in [6.07, 6.45) is -4.38. The third kappa shape index (κ3) is 7.44. The average molecular weight is 443 g/mol. The van der Waals surface area contributed by atoms with E-state index >= 15 is 0 Å². The number of carbonyl (C=O) groups excluding carboxylic acids is 2. The van der Waals surface area contributed by atoms with Crippen LogP contribution in [0.5, 0.6) is 0 Å². The number of halogens is 3. The van der Waals surface area contributed by atoms with Gasteiger partial charge in [-0.1, -0.05) is 30.3 Å². The standard InChI is InChI=1S/C23H20F3N3O3/c24-23(25,26)15-32-14-16-6-8-17(9-7-16)21(30)27-19-10-12-20(13-11-19)29-22(31)28-18-4-2-1-3-5-18/h1-13H,14-15H2,(H,27,30)(H2,28,29,31). The maximum atomic E-state index is 12.4. The normalized spacial score (nSPS) is 11.0. The third-order valence-electron chi connectivity index (χ3n) is 4.18. The van der Waals surface area contributed by atoms with Crippen molar-refractivity contribution in [3.05, 3.63) is 90.0 Å². The van der Waals surface area contributed by atoms with Gasteiger partial charge in [0.1, 0.15) is 6.61 Å². The number of anilines is 3. The van der Waals surface area contributed by atoms with E-state index in [0.29, 0.717) is 28.2 Å². The molecule has 0 atom stereocenters. The number of ether oxygens (including phenoxy) is 1. The van der Waals surface area contributed by atoms with Crippen LogP contribution in [0.1, 0.15) is 15.9 Å². The average Bonchev–Trinajstić information content (AvgIpc) is 2.75. The zero-order chi connectivity index (χ0) is 23.0. The van der Waals surface area contributed by atoms with Gasteiger partial charge in [0.05, 0.1) is 6.61 Å². The lowest BCUT2D eigenvalue weighted by atomic mass is 10.1. The fourth-order valence-electron chi connectivity index (χ4n) is 2.69. The van der Waals surface area contributed by atoms with Crippen LogP contribution in [0, 0.1) is 0 Å². The van der Waals surface area contributed by atoms with Crippen molar-refractivity contribution < 1.29 is 27.5 Å². The van der Waals surface area contributed by atoms with E-state index in [4.69, 9.17) is 0 Å². The van der Waals surface area contributed by atoms with Crippen molar-refractivity contribution in [3.63, 3.8) is 0 Å². The number of hydrogen-bond acceptors (Lipinski definition) is 3. The van der Waals surface area contributed by atoms with Gasteiger partial charge in [-0.05, 0) is 54.1 Å². The van der Waals surface area contributed by atoms with E-state index in [9.17, 15) is 22.8 Å². The van der Waals surface area contributed by atoms with Gasteiger partial charge in [0.25, 0.3) is 5.91 Å². The molecule has 0 aliphatic heterocycles. The summed E-state index contributed by atoms with van der Waals surface area (Å²) in [6.45, 7) is -1.53. The van der Waals surface area contributed by atoms with E-state index in [-0.39, 0.29) is 12.5 Å². The molecule has 0 aliphatic rings. The minimum atomic E-state index is -4.38. The molecule has 0 saturated heterocycles. The van der Waals surface area contributed by atoms with E-state index < -0.39 is 18.8 Å². The highest BCUT2D eigenvalue weighted by atomic mass is 19.4. The Morgan fingerprint density at radius 3 is 1.81 bits per heavy atom. The first-order chi connectivity index (χ1) is 15.3. The molecule has 3 rings (SSSR count). The molecule has 9 heteroatoms. The Bertz CT molecular complexity index is 1040. The topological polar surface area (TPSA) is 79.5 Å². The summed E-state index contributed by atoms with van der Waals surface area (Å²) in [7, 11) is 0. The summed E-state index contributed by atoms with van der Waals surface area (Å²) in [5.74, 6) is -0.379. The van der Waals surface area contributed by atoms with Crippen LogP contribution in [-0.4, -0.2) is 24.7 Å². The second kappa shape index (κ2) is 10.5. The molecule has 0 spiro atoms. The van der Waals surface area contributed by atoms with E-state index in [2.05, 4.69) is 20.7 Å². The maximum absolute atomic E-state index is 12.4. The van der Waals surface area contributed by atoms with Crippen LogP contribution in [0.2, 0.25) is 0 Å². The summed E-state index contributed by atoms with van der Waals surface area (Å²) in [5, 5.41) is 8.10. The molecule has 3 N–H and O–H groups in total. The Morgan fingerprint density at radius 2 is 1.25 bits per heavy atom. The second-order valence-corrected chi connectivity index (χ2v) is 6.78. The number of benzene rings is 3. The molecule has 3 aromatic carbocycles. The largest absolute Gasteiger partial charge is 0.411 e. The van der Waals surface area contributed by atoms with Crippen molar-refractivity contribution in [3.8, 4) is 0 Å². The molecule has 3 amide bonds. The minimum absolute atomic E-state index is 0.201. The van der Waals surface area contributed by atoms with Crippen LogP contribution in [0.25, 0.3) is 0 Å². The Morgan fingerprint density at radius 1 is 0.719 bits per heavy atom. The SMILES string of the molecule is O=C(Nc1ccccc1)Nc1ccc(NC(=O)c2ccc(COCC(F)(F)F)cc2)cc1. The number of alkyl halides is 3. The third-order valence-corrected chi connectivity index (χ3v) is 4.18. The minimum Gasteiger partial charge on any atom is -0.367 e. The van der Waals surface area contributed by atoms with Gasteiger partial charge in [0, 0.05) is 22.6 Å². The molecular weight excluding hydrogens is 423 g/mol. The van der Waals surface area contributed by atoms with Gasteiger partial charge >= 0.3 is 12.2 Å². The smallest absolute Gasteiger partial charge is 0.367 e. The number of carbonyl (C=O) groups is 2. The molecule has 32 heavy (non-hydrogen) atoms. The Balaban J connectivity index is 1.49. The van der Waals surface area contributed by atoms with Crippen LogP contribution in [0.3, 0.4) is 0 Å². The molecule has 0 saturated carbocycles. The molecule has 0 radical (unpaired) electrons. The quantitative estimate of drug-likeness (QED) is 0.441. The van der Waals surface area contributed by atoms with Gasteiger partial charge in [-0.25, -0.2) is 4.79 Å². The maximum Gasteiger partial charge on any atom is 0.411 e. The molecule has 0 fully saturated rings. The van der Waals surface area contributed by atoms with Crippen LogP contribution in [-0.2, 0) is 11.3 Å².